The third-order valence-corrected chi connectivity index (χ3v) is 4.23. The number of halogens is 2. The molecule has 1 aliphatic rings. The summed E-state index contributed by atoms with van der Waals surface area (Å²) in [6, 6.07) is 2.99. The molecular weight excluding hydrogens is 340 g/mol. The van der Waals surface area contributed by atoms with Crippen molar-refractivity contribution in [2.45, 2.75) is 19.0 Å². The van der Waals surface area contributed by atoms with Crippen LogP contribution in [-0.2, 0) is 16.1 Å². The van der Waals surface area contributed by atoms with Crippen molar-refractivity contribution in [3.63, 3.8) is 0 Å². The molecule has 0 aromatic heterocycles. The van der Waals surface area contributed by atoms with E-state index in [2.05, 4.69) is 18.5 Å². The zero-order valence-electron chi connectivity index (χ0n) is 14.6. The van der Waals surface area contributed by atoms with E-state index in [0.29, 0.717) is 31.7 Å². The molecule has 1 N–H and O–H groups in total. The van der Waals surface area contributed by atoms with Crippen molar-refractivity contribution in [3.8, 4) is 0 Å². The summed E-state index contributed by atoms with van der Waals surface area (Å²) >= 11 is 0. The van der Waals surface area contributed by atoms with Crippen molar-refractivity contribution in [3.05, 3.63) is 60.7 Å². The topological polar surface area (TPSA) is 52.7 Å². The minimum Gasteiger partial charge on any atom is -0.353 e. The first kappa shape index (κ1) is 19.8. The second kappa shape index (κ2) is 9.24. The largest absolute Gasteiger partial charge is 0.353 e. The molecule has 1 aromatic rings. The molecule has 1 aromatic carbocycles. The van der Waals surface area contributed by atoms with E-state index in [-0.39, 0.29) is 24.8 Å². The highest BCUT2D eigenvalue weighted by Gasteiger charge is 2.32. The highest BCUT2D eigenvalue weighted by Crippen LogP contribution is 2.17. The molecule has 0 bridgehead atoms. The molecule has 0 radical (unpaired) electrons. The molecule has 1 heterocycles. The summed E-state index contributed by atoms with van der Waals surface area (Å²) in [7, 11) is 0. The Hall–Kier alpha value is -2.54. The molecule has 1 atom stereocenters. The van der Waals surface area contributed by atoms with Crippen LogP contribution in [0.4, 0.5) is 8.78 Å². The molecule has 140 valence electrons. The number of piperazine rings is 1. The van der Waals surface area contributed by atoms with E-state index in [1.54, 1.807) is 17.1 Å². The number of hydrogen-bond acceptors (Lipinski definition) is 3. The Morgan fingerprint density at radius 2 is 1.96 bits per heavy atom. The maximum Gasteiger partial charge on any atom is 0.237 e. The number of carbonyl (C=O) groups excluding carboxylic acids is 2. The van der Waals surface area contributed by atoms with Gasteiger partial charge in [-0.05, 0) is 17.7 Å². The lowest BCUT2D eigenvalue weighted by atomic mass is 10.1. The number of amides is 2. The number of benzene rings is 1. The van der Waals surface area contributed by atoms with Crippen molar-refractivity contribution in [1.82, 2.24) is 15.1 Å². The number of nitrogens with zero attached hydrogens (tertiary/aromatic N) is 2. The zero-order chi connectivity index (χ0) is 19.1. The van der Waals surface area contributed by atoms with Crippen molar-refractivity contribution in [2.75, 3.05) is 26.2 Å². The molecule has 0 spiro atoms. The Kier molecular flexibility index (Phi) is 7.03. The fraction of sp³-hybridized carbons (Fsp3) is 0.368. The van der Waals surface area contributed by atoms with Gasteiger partial charge in [0.2, 0.25) is 11.8 Å². The minimum absolute atomic E-state index is 0.00279. The molecule has 0 aliphatic carbocycles. The summed E-state index contributed by atoms with van der Waals surface area (Å²) in [6.07, 6.45) is 3.22. The number of rotatable bonds is 8. The van der Waals surface area contributed by atoms with Crippen molar-refractivity contribution in [1.29, 1.82) is 0 Å². The zero-order valence-corrected chi connectivity index (χ0v) is 14.6. The fourth-order valence-corrected chi connectivity index (χ4v) is 2.93. The van der Waals surface area contributed by atoms with Crippen LogP contribution in [0.15, 0.2) is 43.5 Å². The summed E-state index contributed by atoms with van der Waals surface area (Å²) in [4.78, 5) is 28.2. The van der Waals surface area contributed by atoms with Crippen LogP contribution in [0.25, 0.3) is 0 Å². The van der Waals surface area contributed by atoms with Gasteiger partial charge in [0.05, 0.1) is 12.5 Å². The van der Waals surface area contributed by atoms with Crippen molar-refractivity contribution < 1.29 is 18.4 Å². The van der Waals surface area contributed by atoms with Gasteiger partial charge in [-0.2, -0.15) is 0 Å². The van der Waals surface area contributed by atoms with Gasteiger partial charge >= 0.3 is 0 Å². The first-order chi connectivity index (χ1) is 12.5. The summed E-state index contributed by atoms with van der Waals surface area (Å²) in [6.45, 7) is 9.20. The number of nitrogens with one attached hydrogen (secondary N) is 1. The minimum atomic E-state index is -0.931. The molecular formula is C19H23F2N3O2. The molecule has 0 unspecified atom stereocenters. The van der Waals surface area contributed by atoms with Crippen LogP contribution in [0.1, 0.15) is 12.0 Å². The number of hydrogen-bond donors (Lipinski definition) is 1. The van der Waals surface area contributed by atoms with E-state index in [1.165, 1.54) is 6.07 Å². The lowest BCUT2D eigenvalue weighted by molar-refractivity contribution is -0.138. The Bertz CT molecular complexity index is 683. The van der Waals surface area contributed by atoms with E-state index in [4.69, 9.17) is 0 Å². The summed E-state index contributed by atoms with van der Waals surface area (Å²) < 4.78 is 26.5. The molecule has 1 saturated heterocycles. The van der Waals surface area contributed by atoms with Crippen LogP contribution < -0.4 is 5.32 Å². The van der Waals surface area contributed by atoms with E-state index in [1.807, 2.05) is 4.90 Å². The molecule has 1 aliphatic heterocycles. The summed E-state index contributed by atoms with van der Waals surface area (Å²) in [5, 5.41) is 2.75. The molecule has 7 heteroatoms. The quantitative estimate of drug-likeness (QED) is 0.718. The van der Waals surface area contributed by atoms with Gasteiger partial charge in [0.15, 0.2) is 11.6 Å². The van der Waals surface area contributed by atoms with Crippen molar-refractivity contribution >= 4 is 11.8 Å². The van der Waals surface area contributed by atoms with E-state index in [9.17, 15) is 18.4 Å². The predicted molar refractivity (Wildman–Crippen MR) is 95.2 cm³/mol. The average molecular weight is 363 g/mol. The Morgan fingerprint density at radius 3 is 2.58 bits per heavy atom. The third-order valence-electron chi connectivity index (χ3n) is 4.23. The average Bonchev–Trinajstić information content (AvgIpc) is 2.61. The number of carbonyl (C=O) groups is 2. The van der Waals surface area contributed by atoms with E-state index < -0.39 is 17.7 Å². The van der Waals surface area contributed by atoms with Crippen LogP contribution in [0.3, 0.4) is 0 Å². The van der Waals surface area contributed by atoms with Gasteiger partial charge in [0, 0.05) is 32.7 Å². The Balaban J connectivity index is 2.12. The first-order valence-electron chi connectivity index (χ1n) is 8.41. The van der Waals surface area contributed by atoms with Crippen LogP contribution in [-0.4, -0.2) is 53.8 Å². The third kappa shape index (κ3) is 4.98. The second-order valence-corrected chi connectivity index (χ2v) is 6.11. The van der Waals surface area contributed by atoms with Gasteiger partial charge in [0.1, 0.15) is 0 Å². The lowest BCUT2D eigenvalue weighted by Crippen LogP contribution is -2.56. The first-order valence-corrected chi connectivity index (χ1v) is 8.41. The standard InChI is InChI=1S/C19H23F2N3O2/c1-3-8-23(9-4-2)18(25)12-17-19(26)22-7-10-24(17)13-14-5-6-15(20)16(21)11-14/h3-6,11,17H,1-2,7-10,12-13H2,(H,22,26)/t17-/m0/s1. The SMILES string of the molecule is C=CCN(CC=C)C(=O)C[C@H]1C(=O)NCCN1Cc1ccc(F)c(F)c1. The van der Waals surface area contributed by atoms with Gasteiger partial charge in [-0.1, -0.05) is 18.2 Å². The van der Waals surface area contributed by atoms with Crippen LogP contribution in [0, 0.1) is 11.6 Å². The van der Waals surface area contributed by atoms with Gasteiger partial charge in [-0.3, -0.25) is 14.5 Å². The molecule has 26 heavy (non-hydrogen) atoms. The predicted octanol–water partition coefficient (Wildman–Crippen LogP) is 1.86. The van der Waals surface area contributed by atoms with E-state index >= 15 is 0 Å². The van der Waals surface area contributed by atoms with Gasteiger partial charge in [0.25, 0.3) is 0 Å². The Labute approximate surface area is 152 Å². The summed E-state index contributed by atoms with van der Waals surface area (Å²) in [5.74, 6) is -2.28. The monoisotopic (exact) mass is 363 g/mol. The highest BCUT2D eigenvalue weighted by molar-refractivity contribution is 5.89. The van der Waals surface area contributed by atoms with Crippen LogP contribution in [0.5, 0.6) is 0 Å². The van der Waals surface area contributed by atoms with Crippen LogP contribution in [0.2, 0.25) is 0 Å². The van der Waals surface area contributed by atoms with Gasteiger partial charge < -0.3 is 10.2 Å². The molecule has 1 fully saturated rings. The molecule has 2 rings (SSSR count). The Morgan fingerprint density at radius 1 is 1.27 bits per heavy atom. The van der Waals surface area contributed by atoms with Crippen LogP contribution >= 0.6 is 0 Å². The van der Waals surface area contributed by atoms with Crippen molar-refractivity contribution in [2.24, 2.45) is 0 Å². The second-order valence-electron chi connectivity index (χ2n) is 6.11. The fourth-order valence-electron chi connectivity index (χ4n) is 2.93. The van der Waals surface area contributed by atoms with Gasteiger partial charge in [-0.15, -0.1) is 13.2 Å². The maximum atomic E-state index is 13.4. The summed E-state index contributed by atoms with van der Waals surface area (Å²) in [5.41, 5.74) is 0.546. The molecule has 2 amide bonds. The maximum absolute atomic E-state index is 13.4. The lowest BCUT2D eigenvalue weighted by Gasteiger charge is -2.35. The van der Waals surface area contributed by atoms with Gasteiger partial charge in [-0.25, -0.2) is 8.78 Å². The normalized spacial score (nSPS) is 17.5. The van der Waals surface area contributed by atoms with E-state index in [0.717, 1.165) is 12.1 Å². The smallest absolute Gasteiger partial charge is 0.237 e. The highest BCUT2D eigenvalue weighted by atomic mass is 19.2. The molecule has 5 nitrogen and oxygen atoms in total. The molecule has 0 saturated carbocycles.